The van der Waals surface area contributed by atoms with Crippen molar-refractivity contribution in [1.82, 2.24) is 0 Å². The van der Waals surface area contributed by atoms with Crippen molar-refractivity contribution in [3.63, 3.8) is 0 Å². The fraction of sp³-hybridized carbons (Fsp3) is 0.514. The van der Waals surface area contributed by atoms with Gasteiger partial charge in [0.2, 0.25) is 0 Å². The van der Waals surface area contributed by atoms with Gasteiger partial charge in [-0.05, 0) is 28.4 Å². The molecule has 0 saturated heterocycles. The Bertz CT molecular complexity index is 1180. The van der Waals surface area contributed by atoms with Gasteiger partial charge in [-0.3, -0.25) is 0 Å². The minimum atomic E-state index is 0. The summed E-state index contributed by atoms with van der Waals surface area (Å²) in [6.45, 7) is 29.2. The molecule has 3 aromatic carbocycles. The first-order valence-corrected chi connectivity index (χ1v) is 15.6. The molecule has 0 atom stereocenters. The Morgan fingerprint density at radius 1 is 0.775 bits per heavy atom. The number of halogens is 2. The molecule has 0 unspecified atom stereocenters. The fourth-order valence-electron chi connectivity index (χ4n) is 4.84. The summed E-state index contributed by atoms with van der Waals surface area (Å²) in [6.07, 6.45) is 3.34. The van der Waals surface area contributed by atoms with Crippen molar-refractivity contribution in [2.75, 3.05) is 0 Å². The normalized spacial score (nSPS) is 12.0. The molecule has 0 spiro atoms. The summed E-state index contributed by atoms with van der Waals surface area (Å²) in [5, 5.41) is 0. The maximum absolute atomic E-state index is 3.67. The van der Waals surface area contributed by atoms with Crippen molar-refractivity contribution in [3.8, 4) is 11.1 Å². The zero-order chi connectivity index (χ0) is 29.1. The Labute approximate surface area is 274 Å². The van der Waals surface area contributed by atoms with Crippen LogP contribution >= 0.6 is 0 Å². The van der Waals surface area contributed by atoms with E-state index >= 15 is 0 Å². The SMILES string of the molecule is CC(C)(C)c1[c-]c2c(cc1)-c1ccc(C(C)(C)C)cc1C2.CCc1cc(C(C)(C)C)c(CC)[cH-]1.C[C](C)=[Zr+2].[Cl-].[Cl-]. The van der Waals surface area contributed by atoms with Gasteiger partial charge in [0.1, 0.15) is 0 Å². The monoisotopic (exact) mass is 656 g/mol. The van der Waals surface area contributed by atoms with Crippen molar-refractivity contribution in [3.05, 3.63) is 87.5 Å². The van der Waals surface area contributed by atoms with Gasteiger partial charge in [0.15, 0.2) is 0 Å². The first kappa shape index (κ1) is 39.1. The maximum atomic E-state index is 3.67. The smallest absolute Gasteiger partial charge is 1.00 e. The molecule has 0 saturated carbocycles. The first-order chi connectivity index (χ1) is 17.4. The van der Waals surface area contributed by atoms with E-state index in [0.717, 1.165) is 19.3 Å². The van der Waals surface area contributed by atoms with Crippen LogP contribution in [-0.4, -0.2) is 3.21 Å². The first-order valence-electron chi connectivity index (χ1n) is 14.4. The van der Waals surface area contributed by atoms with Crippen LogP contribution in [0.5, 0.6) is 0 Å². The number of fused-ring (bicyclic) bond motifs is 3. The second-order valence-electron chi connectivity index (χ2n) is 14.1. The zero-order valence-corrected chi connectivity index (χ0v) is 31.4. The van der Waals surface area contributed by atoms with Gasteiger partial charge in [0.25, 0.3) is 0 Å². The van der Waals surface area contributed by atoms with Crippen molar-refractivity contribution >= 4 is 3.21 Å². The van der Waals surface area contributed by atoms with E-state index in [1.54, 1.807) is 24.2 Å². The Hall–Kier alpha value is -0.877. The summed E-state index contributed by atoms with van der Waals surface area (Å²) in [6, 6.07) is 19.9. The molecule has 0 amide bonds. The van der Waals surface area contributed by atoms with Crippen LogP contribution in [-0.2, 0) is 59.7 Å². The summed E-state index contributed by atoms with van der Waals surface area (Å²) in [7, 11) is 0. The van der Waals surface area contributed by atoms with E-state index in [2.05, 4.69) is 139 Å². The van der Waals surface area contributed by atoms with Crippen LogP contribution in [0.4, 0.5) is 0 Å². The van der Waals surface area contributed by atoms with E-state index in [0.29, 0.717) is 5.41 Å². The van der Waals surface area contributed by atoms with Crippen LogP contribution in [0.1, 0.15) is 129 Å². The Balaban J connectivity index is 0.000000692. The molecule has 0 heterocycles. The Morgan fingerprint density at radius 2 is 1.32 bits per heavy atom. The third kappa shape index (κ3) is 10.8. The molecule has 1 aliphatic carbocycles. The Morgan fingerprint density at radius 3 is 1.75 bits per heavy atom. The summed E-state index contributed by atoms with van der Waals surface area (Å²) in [5.41, 5.74) is 13.6. The van der Waals surface area contributed by atoms with Crippen LogP contribution in [0.2, 0.25) is 0 Å². The molecule has 0 fully saturated rings. The van der Waals surface area contributed by atoms with Crippen LogP contribution in [0, 0.1) is 6.07 Å². The number of rotatable bonds is 2. The summed E-state index contributed by atoms with van der Waals surface area (Å²) < 4.78 is 1.51. The molecule has 4 rings (SSSR count). The van der Waals surface area contributed by atoms with Gasteiger partial charge in [0, 0.05) is 0 Å². The van der Waals surface area contributed by atoms with E-state index in [9.17, 15) is 0 Å². The van der Waals surface area contributed by atoms with Gasteiger partial charge < -0.3 is 24.8 Å². The number of aryl methyl sites for hydroxylation is 2. The van der Waals surface area contributed by atoms with E-state index in [4.69, 9.17) is 0 Å². The zero-order valence-electron chi connectivity index (χ0n) is 27.4. The summed E-state index contributed by atoms with van der Waals surface area (Å²) >= 11 is 1.55. The molecule has 1 aliphatic rings. The minimum Gasteiger partial charge on any atom is -1.00 e. The molecule has 3 heteroatoms. The molecule has 0 bridgehead atoms. The van der Waals surface area contributed by atoms with Crippen molar-refractivity contribution in [1.29, 1.82) is 0 Å². The fourth-order valence-corrected chi connectivity index (χ4v) is 4.84. The van der Waals surface area contributed by atoms with Gasteiger partial charge in [-0.25, -0.2) is 6.07 Å². The summed E-state index contributed by atoms with van der Waals surface area (Å²) in [4.78, 5) is 0. The largest absolute Gasteiger partial charge is 1.00 e. The van der Waals surface area contributed by atoms with Crippen molar-refractivity contribution in [2.45, 2.75) is 126 Å². The average Bonchev–Trinajstić information content (AvgIpc) is 3.38. The van der Waals surface area contributed by atoms with E-state index < -0.39 is 0 Å². The van der Waals surface area contributed by atoms with Gasteiger partial charge in [-0.1, -0.05) is 118 Å². The van der Waals surface area contributed by atoms with Crippen molar-refractivity contribution < 1.29 is 49.0 Å². The Kier molecular flexibility index (Phi) is 15.2. The average molecular weight is 659 g/mol. The molecule has 220 valence electrons. The maximum Gasteiger partial charge on any atom is -1.00 e. The van der Waals surface area contributed by atoms with E-state index in [1.165, 1.54) is 53.3 Å². The predicted octanol–water partition coefficient (Wildman–Crippen LogP) is 4.23. The minimum absolute atomic E-state index is 0. The van der Waals surface area contributed by atoms with Crippen LogP contribution in [0.3, 0.4) is 0 Å². The molecule has 0 aromatic heterocycles. The second-order valence-corrected chi connectivity index (χ2v) is 16.5. The van der Waals surface area contributed by atoms with Crippen molar-refractivity contribution in [2.24, 2.45) is 0 Å². The third-order valence-electron chi connectivity index (χ3n) is 7.10. The van der Waals surface area contributed by atoms with Gasteiger partial charge in [-0.15, -0.1) is 11.1 Å². The van der Waals surface area contributed by atoms with Gasteiger partial charge in [-0.2, -0.15) is 46.5 Å². The standard InChI is InChI=1S/C21H25.C13H21.C3H6.2ClH.Zr/c1-20(2,3)16-7-9-18-14(12-16)11-15-13-17(21(4,5)6)8-10-19(15)18;1-6-10-8-11(7-2)12(9-10)13(3,4)5;1-3-2;;;/h7-10,12H,11H2,1-6H3;8-9H,6-7H2,1-5H3;1-2H3;2*1H;/q2*-1;;;;+2/p-2. The number of hydrogen-bond donors (Lipinski definition) is 0. The molecule has 40 heavy (non-hydrogen) atoms. The molecule has 0 nitrogen and oxygen atoms in total. The van der Waals surface area contributed by atoms with E-state index in [-0.39, 0.29) is 35.6 Å². The number of benzene rings is 2. The topological polar surface area (TPSA) is 0 Å². The van der Waals surface area contributed by atoms with Gasteiger partial charge in [0.05, 0.1) is 0 Å². The van der Waals surface area contributed by atoms with E-state index in [1.807, 2.05) is 0 Å². The van der Waals surface area contributed by atoms with Crippen LogP contribution < -0.4 is 24.8 Å². The quantitative estimate of drug-likeness (QED) is 0.283. The molecule has 0 N–H and O–H groups in total. The molecule has 0 aliphatic heterocycles. The third-order valence-corrected chi connectivity index (χ3v) is 7.10. The predicted molar refractivity (Wildman–Crippen MR) is 167 cm³/mol. The molecule has 3 aromatic rings. The molecule has 0 radical (unpaired) electrons. The molecular formula is C37H52Cl2Zr-2. The number of hydrogen-bond acceptors (Lipinski definition) is 0. The van der Waals surface area contributed by atoms with Crippen LogP contribution in [0.25, 0.3) is 11.1 Å². The molecular weight excluding hydrogens is 607 g/mol. The summed E-state index contributed by atoms with van der Waals surface area (Å²) in [5.74, 6) is 0. The van der Waals surface area contributed by atoms with Crippen LogP contribution in [0.15, 0.2) is 42.5 Å². The van der Waals surface area contributed by atoms with Gasteiger partial charge >= 0.3 is 41.3 Å². The second kappa shape index (κ2) is 15.6.